The van der Waals surface area contributed by atoms with Gasteiger partial charge in [-0.25, -0.2) is 8.78 Å². The Labute approximate surface area is 117 Å². The van der Waals surface area contributed by atoms with E-state index in [0.717, 1.165) is 12.1 Å². The second-order valence-corrected chi connectivity index (χ2v) is 4.44. The standard InChI is InChI=1S/C14H19F2NO3/c1-2-17-11(8-18-9-14(15)16)10-3-4-12-13(7-10)20-6-5-19-12/h3-4,7,11,14,17H,2,5-6,8-9H2,1H3. The predicted molar refractivity (Wildman–Crippen MR) is 70.7 cm³/mol. The molecule has 1 aliphatic rings. The minimum atomic E-state index is -2.45. The third kappa shape index (κ3) is 4.05. The third-order valence-electron chi connectivity index (χ3n) is 2.95. The van der Waals surface area contributed by atoms with Crippen molar-refractivity contribution < 1.29 is 23.0 Å². The molecule has 1 aromatic carbocycles. The Hall–Kier alpha value is -1.40. The molecule has 0 amide bonds. The molecule has 0 spiro atoms. The fourth-order valence-electron chi connectivity index (χ4n) is 2.07. The first-order chi connectivity index (χ1) is 9.70. The van der Waals surface area contributed by atoms with Gasteiger partial charge in [0.2, 0.25) is 0 Å². The van der Waals surface area contributed by atoms with E-state index in [2.05, 4.69) is 5.32 Å². The summed E-state index contributed by atoms with van der Waals surface area (Å²) in [6.45, 7) is 3.38. The lowest BCUT2D eigenvalue weighted by atomic mass is 10.1. The minimum absolute atomic E-state index is 0.144. The van der Waals surface area contributed by atoms with Crippen molar-refractivity contribution in [2.24, 2.45) is 0 Å². The molecule has 1 aromatic rings. The lowest BCUT2D eigenvalue weighted by Crippen LogP contribution is -2.26. The van der Waals surface area contributed by atoms with Crippen LogP contribution in [0.4, 0.5) is 8.78 Å². The van der Waals surface area contributed by atoms with Gasteiger partial charge in [-0.1, -0.05) is 13.0 Å². The summed E-state index contributed by atoms with van der Waals surface area (Å²) in [6.07, 6.45) is -2.45. The summed E-state index contributed by atoms with van der Waals surface area (Å²) in [7, 11) is 0. The van der Waals surface area contributed by atoms with Gasteiger partial charge in [0.15, 0.2) is 11.5 Å². The number of halogens is 2. The molecule has 112 valence electrons. The molecule has 0 aromatic heterocycles. The van der Waals surface area contributed by atoms with E-state index >= 15 is 0 Å². The quantitative estimate of drug-likeness (QED) is 0.836. The van der Waals surface area contributed by atoms with Gasteiger partial charge in [0.05, 0.1) is 12.6 Å². The van der Waals surface area contributed by atoms with Crippen molar-refractivity contribution in [3.63, 3.8) is 0 Å². The first kappa shape index (κ1) is 15.0. The van der Waals surface area contributed by atoms with Gasteiger partial charge in [-0.15, -0.1) is 0 Å². The zero-order chi connectivity index (χ0) is 14.4. The fourth-order valence-corrected chi connectivity index (χ4v) is 2.07. The van der Waals surface area contributed by atoms with Crippen LogP contribution < -0.4 is 14.8 Å². The van der Waals surface area contributed by atoms with Crippen LogP contribution in [0.3, 0.4) is 0 Å². The molecular formula is C14H19F2NO3. The Bertz CT molecular complexity index is 429. The van der Waals surface area contributed by atoms with E-state index in [1.54, 1.807) is 0 Å². The maximum atomic E-state index is 12.1. The lowest BCUT2D eigenvalue weighted by Gasteiger charge is -2.22. The van der Waals surface area contributed by atoms with Crippen LogP contribution in [0, 0.1) is 0 Å². The van der Waals surface area contributed by atoms with Crippen LogP contribution in [-0.4, -0.2) is 39.4 Å². The van der Waals surface area contributed by atoms with E-state index in [4.69, 9.17) is 14.2 Å². The Balaban J connectivity index is 2.04. The van der Waals surface area contributed by atoms with Crippen molar-refractivity contribution in [1.29, 1.82) is 0 Å². The highest BCUT2D eigenvalue weighted by Gasteiger charge is 2.17. The summed E-state index contributed by atoms with van der Waals surface area (Å²) >= 11 is 0. The van der Waals surface area contributed by atoms with E-state index in [9.17, 15) is 8.78 Å². The fraction of sp³-hybridized carbons (Fsp3) is 0.571. The van der Waals surface area contributed by atoms with Gasteiger partial charge in [0.1, 0.15) is 19.8 Å². The summed E-state index contributed by atoms with van der Waals surface area (Å²) in [4.78, 5) is 0. The Morgan fingerprint density at radius 3 is 2.65 bits per heavy atom. The maximum Gasteiger partial charge on any atom is 0.261 e. The highest BCUT2D eigenvalue weighted by molar-refractivity contribution is 5.44. The van der Waals surface area contributed by atoms with Crippen LogP contribution in [0.2, 0.25) is 0 Å². The third-order valence-corrected chi connectivity index (χ3v) is 2.95. The number of hydrogen-bond donors (Lipinski definition) is 1. The number of fused-ring (bicyclic) bond motifs is 1. The average molecular weight is 287 g/mol. The normalized spacial score (nSPS) is 15.4. The maximum absolute atomic E-state index is 12.1. The topological polar surface area (TPSA) is 39.7 Å². The van der Waals surface area contributed by atoms with Crippen LogP contribution in [0.15, 0.2) is 18.2 Å². The van der Waals surface area contributed by atoms with Crippen LogP contribution in [0.1, 0.15) is 18.5 Å². The smallest absolute Gasteiger partial charge is 0.261 e. The second kappa shape index (κ2) is 7.40. The van der Waals surface area contributed by atoms with E-state index in [1.807, 2.05) is 25.1 Å². The summed E-state index contributed by atoms with van der Waals surface area (Å²) in [6, 6.07) is 5.45. The number of rotatable bonds is 7. The molecule has 0 radical (unpaired) electrons. The monoisotopic (exact) mass is 287 g/mol. The zero-order valence-corrected chi connectivity index (χ0v) is 11.4. The van der Waals surface area contributed by atoms with E-state index in [0.29, 0.717) is 24.7 Å². The number of ether oxygens (including phenoxy) is 3. The molecule has 0 saturated heterocycles. The zero-order valence-electron chi connectivity index (χ0n) is 11.4. The van der Waals surface area contributed by atoms with Crippen molar-refractivity contribution in [2.75, 3.05) is 33.0 Å². The van der Waals surface area contributed by atoms with Gasteiger partial charge in [0, 0.05) is 0 Å². The summed E-state index contributed by atoms with van der Waals surface area (Å²) in [5.41, 5.74) is 0.936. The number of nitrogens with one attached hydrogen (secondary N) is 1. The van der Waals surface area contributed by atoms with Crippen molar-refractivity contribution in [1.82, 2.24) is 5.32 Å². The van der Waals surface area contributed by atoms with Gasteiger partial charge >= 0.3 is 0 Å². The Morgan fingerprint density at radius 2 is 1.95 bits per heavy atom. The van der Waals surface area contributed by atoms with Crippen LogP contribution in [0.5, 0.6) is 11.5 Å². The SMILES string of the molecule is CCNC(COCC(F)F)c1ccc2c(c1)OCCO2. The van der Waals surface area contributed by atoms with Crippen molar-refractivity contribution in [3.8, 4) is 11.5 Å². The Kier molecular flexibility index (Phi) is 5.55. The molecule has 0 aliphatic carbocycles. The molecule has 0 saturated carbocycles. The predicted octanol–water partition coefficient (Wildman–Crippen LogP) is 2.39. The van der Waals surface area contributed by atoms with Crippen molar-refractivity contribution in [2.45, 2.75) is 19.4 Å². The van der Waals surface area contributed by atoms with Gasteiger partial charge in [-0.3, -0.25) is 0 Å². The molecule has 6 heteroatoms. The molecule has 0 fully saturated rings. The lowest BCUT2D eigenvalue weighted by molar-refractivity contribution is 0.00930. The van der Waals surface area contributed by atoms with Gasteiger partial charge in [-0.05, 0) is 24.2 Å². The minimum Gasteiger partial charge on any atom is -0.486 e. The summed E-state index contributed by atoms with van der Waals surface area (Å²) in [5, 5.41) is 3.21. The van der Waals surface area contributed by atoms with E-state index in [-0.39, 0.29) is 12.6 Å². The molecular weight excluding hydrogens is 268 g/mol. The Morgan fingerprint density at radius 1 is 1.20 bits per heavy atom. The molecule has 1 heterocycles. The van der Waals surface area contributed by atoms with E-state index in [1.165, 1.54) is 0 Å². The molecule has 20 heavy (non-hydrogen) atoms. The number of benzene rings is 1. The molecule has 1 N–H and O–H groups in total. The van der Waals surface area contributed by atoms with Gasteiger partial charge < -0.3 is 19.5 Å². The number of alkyl halides is 2. The highest BCUT2D eigenvalue weighted by atomic mass is 19.3. The first-order valence-corrected chi connectivity index (χ1v) is 6.69. The molecule has 1 aliphatic heterocycles. The average Bonchev–Trinajstić information content (AvgIpc) is 2.45. The van der Waals surface area contributed by atoms with Crippen LogP contribution in [-0.2, 0) is 4.74 Å². The number of hydrogen-bond acceptors (Lipinski definition) is 4. The largest absolute Gasteiger partial charge is 0.486 e. The molecule has 2 rings (SSSR count). The molecule has 1 atom stereocenters. The van der Waals surface area contributed by atoms with Crippen LogP contribution in [0.25, 0.3) is 0 Å². The van der Waals surface area contributed by atoms with Crippen molar-refractivity contribution in [3.05, 3.63) is 23.8 Å². The second-order valence-electron chi connectivity index (χ2n) is 4.44. The highest BCUT2D eigenvalue weighted by Crippen LogP contribution is 2.32. The van der Waals surface area contributed by atoms with E-state index < -0.39 is 13.0 Å². The van der Waals surface area contributed by atoms with Crippen LogP contribution >= 0.6 is 0 Å². The molecule has 0 bridgehead atoms. The van der Waals surface area contributed by atoms with Gasteiger partial charge in [-0.2, -0.15) is 0 Å². The summed E-state index contributed by atoms with van der Waals surface area (Å²) in [5.74, 6) is 1.40. The van der Waals surface area contributed by atoms with Gasteiger partial charge in [0.25, 0.3) is 6.43 Å². The first-order valence-electron chi connectivity index (χ1n) is 6.69. The molecule has 1 unspecified atom stereocenters. The summed E-state index contributed by atoms with van der Waals surface area (Å²) < 4.78 is 40.2. The number of likely N-dealkylation sites (N-methyl/N-ethyl adjacent to an activating group) is 1. The van der Waals surface area contributed by atoms with Crippen molar-refractivity contribution >= 4 is 0 Å². The molecule has 4 nitrogen and oxygen atoms in total.